The van der Waals surface area contributed by atoms with Gasteiger partial charge in [-0.25, -0.2) is 0 Å². The maximum Gasteiger partial charge on any atom is 0.254 e. The highest BCUT2D eigenvalue weighted by Gasteiger charge is 2.30. The lowest BCUT2D eigenvalue weighted by molar-refractivity contribution is -0.133. The highest BCUT2D eigenvalue weighted by molar-refractivity contribution is 7.99. The first-order valence-electron chi connectivity index (χ1n) is 14.4. The normalized spacial score (nSPS) is 15.1. The lowest BCUT2D eigenvalue weighted by atomic mass is 10.1. The van der Waals surface area contributed by atoms with Gasteiger partial charge >= 0.3 is 0 Å². The summed E-state index contributed by atoms with van der Waals surface area (Å²) in [5.41, 5.74) is 3.88. The Balaban J connectivity index is 1.12. The summed E-state index contributed by atoms with van der Waals surface area (Å²) in [5, 5.41) is 9.89. The summed E-state index contributed by atoms with van der Waals surface area (Å²) >= 11 is 1.66. The Morgan fingerprint density at radius 2 is 1.67 bits per heavy atom. The Morgan fingerprint density at radius 1 is 0.929 bits per heavy atom. The first-order valence-corrected chi connectivity index (χ1v) is 15.4. The van der Waals surface area contributed by atoms with E-state index in [0.717, 1.165) is 46.6 Å². The molecule has 218 valence electrons. The van der Waals surface area contributed by atoms with Crippen LogP contribution in [0.2, 0.25) is 0 Å². The molecule has 1 fully saturated rings. The first kappa shape index (κ1) is 29.4. The molecule has 1 aliphatic rings. The highest BCUT2D eigenvalue weighted by atomic mass is 32.2. The van der Waals surface area contributed by atoms with Crippen molar-refractivity contribution in [2.75, 3.05) is 32.5 Å². The Bertz CT molecular complexity index is 1490. The van der Waals surface area contributed by atoms with E-state index in [2.05, 4.69) is 58.1 Å². The molecule has 2 heterocycles. The van der Waals surface area contributed by atoms with Crippen LogP contribution in [0, 0.1) is 6.92 Å². The minimum absolute atomic E-state index is 0.0110. The number of thioether (sulfide) groups is 1. The van der Waals surface area contributed by atoms with Crippen molar-refractivity contribution >= 4 is 23.6 Å². The van der Waals surface area contributed by atoms with Gasteiger partial charge in [0, 0.05) is 54.7 Å². The number of aryl methyl sites for hydroxylation is 1. The number of hydrogen-bond acceptors (Lipinski definition) is 6. The maximum absolute atomic E-state index is 13.0. The lowest BCUT2D eigenvalue weighted by Crippen LogP contribution is -2.55. The van der Waals surface area contributed by atoms with Gasteiger partial charge in [-0.3, -0.25) is 14.2 Å². The van der Waals surface area contributed by atoms with Crippen molar-refractivity contribution in [3.63, 3.8) is 0 Å². The quantitative estimate of drug-likeness (QED) is 0.171. The molecule has 0 aliphatic carbocycles. The number of benzene rings is 3. The van der Waals surface area contributed by atoms with E-state index < -0.39 is 0 Å². The Kier molecular flexibility index (Phi) is 9.59. The second kappa shape index (κ2) is 13.7. The van der Waals surface area contributed by atoms with Crippen molar-refractivity contribution in [3.05, 3.63) is 90.0 Å². The number of ether oxygens (including phenoxy) is 1. The van der Waals surface area contributed by atoms with E-state index in [1.54, 1.807) is 43.1 Å². The minimum Gasteiger partial charge on any atom is -0.497 e. The number of piperazine rings is 1. The number of carbonyl (C=O) groups is 2. The number of hydrogen-bond donors (Lipinski definition) is 0. The summed E-state index contributed by atoms with van der Waals surface area (Å²) in [5.74, 6) is 2.52. The minimum atomic E-state index is -0.0417. The summed E-state index contributed by atoms with van der Waals surface area (Å²) in [6.07, 6.45) is 2.19. The summed E-state index contributed by atoms with van der Waals surface area (Å²) < 4.78 is 7.30. The zero-order valence-corrected chi connectivity index (χ0v) is 25.2. The van der Waals surface area contributed by atoms with Crippen LogP contribution in [0.1, 0.15) is 42.1 Å². The summed E-state index contributed by atoms with van der Waals surface area (Å²) in [7, 11) is 1.61. The fraction of sp³-hybridized carbons (Fsp3) is 0.333. The molecular formula is C33H37N5O3S. The van der Waals surface area contributed by atoms with Crippen molar-refractivity contribution in [2.45, 2.75) is 44.3 Å². The van der Waals surface area contributed by atoms with Gasteiger partial charge in [-0.2, -0.15) is 0 Å². The Hall–Kier alpha value is -4.11. The predicted octanol–water partition coefficient (Wildman–Crippen LogP) is 5.89. The number of methoxy groups -OCH3 is 1. The molecular weight excluding hydrogens is 546 g/mol. The Morgan fingerprint density at radius 3 is 2.36 bits per heavy atom. The van der Waals surface area contributed by atoms with Gasteiger partial charge in [0.05, 0.1) is 7.11 Å². The van der Waals surface area contributed by atoms with Crippen LogP contribution < -0.4 is 4.74 Å². The molecule has 1 atom stereocenters. The third-order valence-electron chi connectivity index (χ3n) is 7.55. The molecule has 5 rings (SSSR count). The monoisotopic (exact) mass is 583 g/mol. The molecule has 1 aliphatic heterocycles. The highest BCUT2D eigenvalue weighted by Crippen LogP contribution is 2.29. The van der Waals surface area contributed by atoms with Gasteiger partial charge in [0.1, 0.15) is 5.75 Å². The SMILES string of the molecule is COc1ccc(C(=O)N2CCN(C(=O)CCCCSc3nnc(-c4ccc(C)cc4)n3-c3ccccc3)CC2C)cc1. The van der Waals surface area contributed by atoms with E-state index in [-0.39, 0.29) is 17.9 Å². The van der Waals surface area contributed by atoms with E-state index in [9.17, 15) is 9.59 Å². The smallest absolute Gasteiger partial charge is 0.254 e. The Labute approximate surface area is 251 Å². The lowest BCUT2D eigenvalue weighted by Gasteiger charge is -2.40. The molecule has 1 aromatic heterocycles. The fourth-order valence-corrected chi connectivity index (χ4v) is 6.10. The van der Waals surface area contributed by atoms with Crippen molar-refractivity contribution in [1.82, 2.24) is 24.6 Å². The molecule has 0 bridgehead atoms. The van der Waals surface area contributed by atoms with Crippen LogP contribution >= 0.6 is 11.8 Å². The van der Waals surface area contributed by atoms with Gasteiger partial charge in [-0.15, -0.1) is 10.2 Å². The molecule has 0 saturated carbocycles. The topological polar surface area (TPSA) is 80.6 Å². The van der Waals surface area contributed by atoms with Gasteiger partial charge in [-0.05, 0) is 63.1 Å². The van der Waals surface area contributed by atoms with Crippen LogP contribution in [0.25, 0.3) is 17.1 Å². The van der Waals surface area contributed by atoms with Crippen LogP contribution in [0.4, 0.5) is 0 Å². The standard InChI is InChI=1S/C33H37N5O3S/c1-24-12-14-26(15-13-24)31-34-35-33(38(31)28-9-5-4-6-10-28)42-22-8-7-11-30(39)36-20-21-37(25(2)23-36)32(40)27-16-18-29(41-3)19-17-27/h4-6,9-10,12-19,25H,7-8,11,20-23H2,1-3H3. The number of aromatic nitrogens is 3. The van der Waals surface area contributed by atoms with Crippen molar-refractivity contribution in [2.24, 2.45) is 0 Å². The van der Waals surface area contributed by atoms with Crippen LogP contribution in [-0.4, -0.2) is 74.9 Å². The molecule has 8 nitrogen and oxygen atoms in total. The predicted molar refractivity (Wildman–Crippen MR) is 166 cm³/mol. The number of unbranched alkanes of at least 4 members (excludes halogenated alkanes) is 1. The molecule has 1 unspecified atom stereocenters. The molecule has 42 heavy (non-hydrogen) atoms. The van der Waals surface area contributed by atoms with Gasteiger partial charge in [-0.1, -0.05) is 59.8 Å². The van der Waals surface area contributed by atoms with E-state index in [1.165, 1.54) is 5.56 Å². The van der Waals surface area contributed by atoms with Crippen LogP contribution in [0.3, 0.4) is 0 Å². The van der Waals surface area contributed by atoms with E-state index in [4.69, 9.17) is 4.74 Å². The summed E-state index contributed by atoms with van der Waals surface area (Å²) in [6.45, 7) is 5.72. The van der Waals surface area contributed by atoms with E-state index in [0.29, 0.717) is 31.6 Å². The van der Waals surface area contributed by atoms with Crippen LogP contribution in [-0.2, 0) is 4.79 Å². The van der Waals surface area contributed by atoms with Crippen molar-refractivity contribution in [3.8, 4) is 22.8 Å². The van der Waals surface area contributed by atoms with Crippen LogP contribution in [0.5, 0.6) is 5.75 Å². The zero-order chi connectivity index (χ0) is 29.5. The average molecular weight is 584 g/mol. The molecule has 1 saturated heterocycles. The number of carbonyl (C=O) groups excluding carboxylic acids is 2. The van der Waals surface area contributed by atoms with Crippen molar-refractivity contribution in [1.29, 1.82) is 0 Å². The van der Waals surface area contributed by atoms with Gasteiger partial charge in [0.15, 0.2) is 11.0 Å². The second-order valence-electron chi connectivity index (χ2n) is 10.6. The summed E-state index contributed by atoms with van der Waals surface area (Å²) in [6, 6.07) is 25.6. The van der Waals surface area contributed by atoms with Crippen molar-refractivity contribution < 1.29 is 14.3 Å². The van der Waals surface area contributed by atoms with Gasteiger partial charge < -0.3 is 14.5 Å². The zero-order valence-electron chi connectivity index (χ0n) is 24.4. The third kappa shape index (κ3) is 6.85. The molecule has 4 aromatic rings. The van der Waals surface area contributed by atoms with E-state index in [1.807, 2.05) is 34.9 Å². The number of para-hydroxylation sites is 1. The number of amides is 2. The fourth-order valence-electron chi connectivity index (χ4n) is 5.15. The number of rotatable bonds is 10. The van der Waals surface area contributed by atoms with Crippen LogP contribution in [0.15, 0.2) is 84.0 Å². The van der Waals surface area contributed by atoms with Gasteiger partial charge in [0.2, 0.25) is 5.91 Å². The molecule has 0 spiro atoms. The molecule has 3 aromatic carbocycles. The second-order valence-corrected chi connectivity index (χ2v) is 11.6. The maximum atomic E-state index is 13.0. The van der Waals surface area contributed by atoms with E-state index >= 15 is 0 Å². The molecule has 9 heteroatoms. The molecule has 0 N–H and O–H groups in total. The summed E-state index contributed by atoms with van der Waals surface area (Å²) in [4.78, 5) is 29.8. The first-order chi connectivity index (χ1) is 20.4. The largest absolute Gasteiger partial charge is 0.497 e. The van der Waals surface area contributed by atoms with Gasteiger partial charge in [0.25, 0.3) is 5.91 Å². The molecule has 0 radical (unpaired) electrons. The third-order valence-corrected chi connectivity index (χ3v) is 8.57. The molecule has 2 amide bonds. The number of nitrogens with zero attached hydrogens (tertiary/aromatic N) is 5. The average Bonchev–Trinajstić information content (AvgIpc) is 3.45.